The molecule has 1 heterocycles. The molecule has 1 saturated heterocycles. The number of hydrogen-bond acceptors (Lipinski definition) is 4. The molecule has 31 heavy (non-hydrogen) atoms. The molecular weight excluding hydrogens is 393 g/mol. The summed E-state index contributed by atoms with van der Waals surface area (Å²) in [4.78, 5) is 2.31. The van der Waals surface area contributed by atoms with E-state index in [1.54, 1.807) is 24.3 Å². The van der Waals surface area contributed by atoms with Crippen LogP contribution >= 0.6 is 0 Å². The number of anilines is 1. The summed E-state index contributed by atoms with van der Waals surface area (Å²) in [5.41, 5.74) is 2.64. The van der Waals surface area contributed by atoms with Crippen LogP contribution in [0.4, 0.5) is 10.1 Å². The number of phenols is 2. The maximum absolute atomic E-state index is 13.1. The number of nitrogens with zero attached hydrogens (tertiary/aromatic N) is 1. The van der Waals surface area contributed by atoms with Gasteiger partial charge < -0.3 is 20.2 Å². The van der Waals surface area contributed by atoms with Crippen molar-refractivity contribution in [3.8, 4) is 11.5 Å². The average molecular weight is 422 g/mol. The number of rotatable bonds is 7. The van der Waals surface area contributed by atoms with Crippen LogP contribution in [0.3, 0.4) is 0 Å². The van der Waals surface area contributed by atoms with Crippen molar-refractivity contribution in [3.05, 3.63) is 89.7 Å². The maximum Gasteiger partial charge on any atom is 0.124 e. The smallest absolute Gasteiger partial charge is 0.124 e. The summed E-state index contributed by atoms with van der Waals surface area (Å²) in [6, 6.07) is 21.0. The van der Waals surface area contributed by atoms with Gasteiger partial charge in [0.05, 0.1) is 12.1 Å². The van der Waals surface area contributed by atoms with Crippen LogP contribution in [0, 0.1) is 11.7 Å². The van der Waals surface area contributed by atoms with Gasteiger partial charge in [-0.2, -0.15) is 0 Å². The zero-order valence-electron chi connectivity index (χ0n) is 17.4. The van der Waals surface area contributed by atoms with Crippen LogP contribution < -0.4 is 4.90 Å². The van der Waals surface area contributed by atoms with Gasteiger partial charge in [0, 0.05) is 23.9 Å². The molecule has 162 valence electrons. The van der Waals surface area contributed by atoms with Crippen LogP contribution in [0.15, 0.2) is 72.8 Å². The molecule has 0 amide bonds. The molecule has 0 saturated carbocycles. The van der Waals surface area contributed by atoms with Crippen LogP contribution in [0.5, 0.6) is 11.5 Å². The summed E-state index contributed by atoms with van der Waals surface area (Å²) in [5.74, 6) is 0.143. The third-order valence-corrected chi connectivity index (χ3v) is 6.25. The number of aliphatic hydroxyl groups is 1. The topological polar surface area (TPSA) is 63.9 Å². The number of aromatic hydroxyl groups is 2. The minimum Gasteiger partial charge on any atom is -0.508 e. The number of phenolic OH excluding ortho intramolecular Hbond substituents is 2. The van der Waals surface area contributed by atoms with E-state index in [0.717, 1.165) is 42.6 Å². The Balaban J connectivity index is 1.49. The normalized spacial score (nSPS) is 19.5. The summed E-state index contributed by atoms with van der Waals surface area (Å²) in [6.07, 6.45) is 2.68. The van der Waals surface area contributed by atoms with Crippen molar-refractivity contribution >= 4 is 5.69 Å². The Morgan fingerprint density at radius 2 is 1.71 bits per heavy atom. The van der Waals surface area contributed by atoms with Gasteiger partial charge >= 0.3 is 0 Å². The van der Waals surface area contributed by atoms with Crippen molar-refractivity contribution < 1.29 is 19.7 Å². The van der Waals surface area contributed by atoms with Gasteiger partial charge in [-0.15, -0.1) is 0 Å². The molecule has 0 aliphatic carbocycles. The minimum absolute atomic E-state index is 0.00837. The van der Waals surface area contributed by atoms with E-state index in [1.807, 2.05) is 18.2 Å². The van der Waals surface area contributed by atoms with Gasteiger partial charge in [-0.1, -0.05) is 36.8 Å². The Kier molecular flexibility index (Phi) is 6.42. The molecule has 0 bridgehead atoms. The maximum atomic E-state index is 13.1. The minimum atomic E-state index is -0.618. The lowest BCUT2D eigenvalue weighted by Crippen LogP contribution is -2.25. The Hall–Kier alpha value is -3.05. The Morgan fingerprint density at radius 1 is 0.968 bits per heavy atom. The van der Waals surface area contributed by atoms with Crippen LogP contribution in [0.25, 0.3) is 0 Å². The molecule has 4 nitrogen and oxygen atoms in total. The molecule has 0 radical (unpaired) electrons. The van der Waals surface area contributed by atoms with E-state index in [4.69, 9.17) is 0 Å². The van der Waals surface area contributed by atoms with Gasteiger partial charge in [-0.25, -0.2) is 4.39 Å². The Labute approximate surface area is 182 Å². The number of benzene rings is 3. The van der Waals surface area contributed by atoms with E-state index >= 15 is 0 Å². The molecule has 1 fully saturated rings. The summed E-state index contributed by atoms with van der Waals surface area (Å²) < 4.78 is 13.1. The van der Waals surface area contributed by atoms with Crippen LogP contribution in [-0.2, 0) is 0 Å². The largest absolute Gasteiger partial charge is 0.508 e. The van der Waals surface area contributed by atoms with E-state index < -0.39 is 6.10 Å². The van der Waals surface area contributed by atoms with Crippen molar-refractivity contribution in [1.82, 2.24) is 0 Å². The number of halogens is 1. The average Bonchev–Trinajstić information content (AvgIpc) is 3.18. The first-order chi connectivity index (χ1) is 15.0. The fourth-order valence-corrected chi connectivity index (χ4v) is 4.70. The molecule has 3 unspecified atom stereocenters. The Morgan fingerprint density at radius 3 is 2.42 bits per heavy atom. The molecule has 4 rings (SSSR count). The van der Waals surface area contributed by atoms with E-state index in [1.165, 1.54) is 18.2 Å². The third-order valence-electron chi connectivity index (χ3n) is 6.25. The van der Waals surface area contributed by atoms with Crippen molar-refractivity contribution in [3.63, 3.8) is 0 Å². The van der Waals surface area contributed by atoms with Crippen molar-refractivity contribution in [2.45, 2.75) is 37.8 Å². The predicted molar refractivity (Wildman–Crippen MR) is 120 cm³/mol. The number of hydrogen-bond donors (Lipinski definition) is 3. The van der Waals surface area contributed by atoms with Crippen molar-refractivity contribution in [2.24, 2.45) is 5.92 Å². The quantitative estimate of drug-likeness (QED) is 0.457. The first-order valence-electron chi connectivity index (χ1n) is 10.8. The first-order valence-corrected chi connectivity index (χ1v) is 10.8. The van der Waals surface area contributed by atoms with E-state index in [-0.39, 0.29) is 23.4 Å². The molecule has 1 aliphatic rings. The highest BCUT2D eigenvalue weighted by Crippen LogP contribution is 2.46. The van der Waals surface area contributed by atoms with Crippen LogP contribution in [0.1, 0.15) is 49.0 Å². The fraction of sp³-hybridized carbons (Fsp3) is 0.308. The molecule has 3 N–H and O–H groups in total. The van der Waals surface area contributed by atoms with Crippen LogP contribution in [-0.4, -0.2) is 21.9 Å². The number of para-hydroxylation sites is 1. The lowest BCUT2D eigenvalue weighted by Gasteiger charge is -2.31. The summed E-state index contributed by atoms with van der Waals surface area (Å²) in [7, 11) is 0. The van der Waals surface area contributed by atoms with E-state index in [0.29, 0.717) is 12.3 Å². The molecule has 0 spiro atoms. The van der Waals surface area contributed by atoms with E-state index in [9.17, 15) is 19.7 Å². The second kappa shape index (κ2) is 9.40. The Bertz CT molecular complexity index is 993. The van der Waals surface area contributed by atoms with Crippen molar-refractivity contribution in [2.75, 3.05) is 11.4 Å². The zero-order valence-corrected chi connectivity index (χ0v) is 17.4. The van der Waals surface area contributed by atoms with Gasteiger partial charge in [0.25, 0.3) is 0 Å². The molecule has 3 aromatic carbocycles. The van der Waals surface area contributed by atoms with Gasteiger partial charge in [0.15, 0.2) is 0 Å². The highest BCUT2D eigenvalue weighted by Gasteiger charge is 2.36. The zero-order chi connectivity index (χ0) is 21.8. The van der Waals surface area contributed by atoms with E-state index in [2.05, 4.69) is 17.0 Å². The first kappa shape index (κ1) is 21.2. The summed E-state index contributed by atoms with van der Waals surface area (Å²) in [6.45, 7) is 0.875. The van der Waals surface area contributed by atoms with Gasteiger partial charge in [-0.3, -0.25) is 0 Å². The fourth-order valence-electron chi connectivity index (χ4n) is 4.70. The highest BCUT2D eigenvalue weighted by molar-refractivity contribution is 5.53. The predicted octanol–water partition coefficient (Wildman–Crippen LogP) is 5.71. The third kappa shape index (κ3) is 4.83. The molecule has 3 aromatic rings. The van der Waals surface area contributed by atoms with Crippen molar-refractivity contribution in [1.29, 1.82) is 0 Å². The number of aliphatic hydroxyl groups excluding tert-OH is 1. The van der Waals surface area contributed by atoms with Crippen LogP contribution in [0.2, 0.25) is 0 Å². The lowest BCUT2D eigenvalue weighted by atomic mass is 9.88. The van der Waals surface area contributed by atoms with Gasteiger partial charge in [-0.05, 0) is 67.1 Å². The highest BCUT2D eigenvalue weighted by atomic mass is 19.1. The monoisotopic (exact) mass is 421 g/mol. The summed E-state index contributed by atoms with van der Waals surface area (Å²) >= 11 is 0. The second-order valence-electron chi connectivity index (χ2n) is 8.26. The molecule has 1 aliphatic heterocycles. The molecular formula is C26H28FNO3. The van der Waals surface area contributed by atoms with Gasteiger partial charge in [0.2, 0.25) is 0 Å². The SMILES string of the molecule is Oc1ccc(C2C(CCCC(O)c3ccc(F)cc3)CCN2c2ccccc2)c(O)c1. The molecule has 5 heteroatoms. The second-order valence-corrected chi connectivity index (χ2v) is 8.26. The standard InChI is InChI=1S/C26H28FNO3/c27-20-11-9-18(10-12-20)24(30)8-4-5-19-15-16-28(21-6-2-1-3-7-21)26(19)23-14-13-22(29)17-25(23)31/h1-3,6-7,9-14,17,19,24,26,29-31H,4-5,8,15-16H2. The lowest BCUT2D eigenvalue weighted by molar-refractivity contribution is 0.160. The summed E-state index contributed by atoms with van der Waals surface area (Å²) in [5, 5.41) is 30.8. The molecule has 3 atom stereocenters. The van der Waals surface area contributed by atoms with Gasteiger partial charge in [0.1, 0.15) is 17.3 Å². The molecule has 0 aromatic heterocycles.